The standard InChI is InChI=1S/C17H29N3O/c1-6-18-16-13(5)17(20-15(19-16)11(2)3)21-14-9-7-12(4)8-10-14/h11-12,14H,6-10H2,1-5H3,(H,18,19,20). The molecular weight excluding hydrogens is 262 g/mol. The van der Waals surface area contributed by atoms with Crippen LogP contribution in [0.5, 0.6) is 5.88 Å². The van der Waals surface area contributed by atoms with Crippen molar-refractivity contribution >= 4 is 5.82 Å². The molecule has 1 aliphatic rings. The van der Waals surface area contributed by atoms with Gasteiger partial charge in [0.15, 0.2) is 0 Å². The molecule has 1 aromatic heterocycles. The Bertz CT molecular complexity index is 465. The van der Waals surface area contributed by atoms with E-state index in [0.717, 1.165) is 48.4 Å². The van der Waals surface area contributed by atoms with E-state index in [-0.39, 0.29) is 0 Å². The fourth-order valence-corrected chi connectivity index (χ4v) is 2.73. The molecule has 4 heteroatoms. The maximum Gasteiger partial charge on any atom is 0.222 e. The molecule has 1 aromatic rings. The smallest absolute Gasteiger partial charge is 0.222 e. The van der Waals surface area contributed by atoms with Gasteiger partial charge in [-0.2, -0.15) is 4.98 Å². The first kappa shape index (κ1) is 16.1. The minimum absolute atomic E-state index is 0.303. The molecule has 0 bridgehead atoms. The van der Waals surface area contributed by atoms with Gasteiger partial charge in [-0.05, 0) is 45.4 Å². The highest BCUT2D eigenvalue weighted by atomic mass is 16.5. The van der Waals surface area contributed by atoms with Gasteiger partial charge in [0.05, 0.1) is 5.56 Å². The molecule has 0 radical (unpaired) electrons. The fourth-order valence-electron chi connectivity index (χ4n) is 2.73. The van der Waals surface area contributed by atoms with Gasteiger partial charge in [0, 0.05) is 12.5 Å². The van der Waals surface area contributed by atoms with E-state index >= 15 is 0 Å². The number of nitrogens with zero attached hydrogens (tertiary/aromatic N) is 2. The van der Waals surface area contributed by atoms with Crippen molar-refractivity contribution in [2.75, 3.05) is 11.9 Å². The van der Waals surface area contributed by atoms with E-state index in [2.05, 4.69) is 43.0 Å². The predicted octanol–water partition coefficient (Wildman–Crippen LogP) is 4.30. The Labute approximate surface area is 128 Å². The number of ether oxygens (including phenoxy) is 1. The van der Waals surface area contributed by atoms with E-state index in [0.29, 0.717) is 12.0 Å². The Balaban J connectivity index is 2.20. The molecule has 0 amide bonds. The number of hydrogen-bond donors (Lipinski definition) is 1. The highest BCUT2D eigenvalue weighted by molar-refractivity contribution is 5.48. The van der Waals surface area contributed by atoms with Crippen molar-refractivity contribution in [2.24, 2.45) is 5.92 Å². The first-order chi connectivity index (χ1) is 10.0. The molecule has 0 unspecified atom stereocenters. The minimum Gasteiger partial charge on any atom is -0.474 e. The Morgan fingerprint density at radius 1 is 1.19 bits per heavy atom. The van der Waals surface area contributed by atoms with Gasteiger partial charge >= 0.3 is 0 Å². The minimum atomic E-state index is 0.303. The number of rotatable bonds is 5. The lowest BCUT2D eigenvalue weighted by atomic mass is 9.89. The summed E-state index contributed by atoms with van der Waals surface area (Å²) in [6.45, 7) is 11.5. The molecule has 2 rings (SSSR count). The molecule has 4 nitrogen and oxygen atoms in total. The normalized spacial score (nSPS) is 22.4. The molecule has 0 aromatic carbocycles. The largest absolute Gasteiger partial charge is 0.474 e. The lowest BCUT2D eigenvalue weighted by Gasteiger charge is -2.27. The molecule has 1 heterocycles. The van der Waals surface area contributed by atoms with Crippen LogP contribution in [0.3, 0.4) is 0 Å². The quantitative estimate of drug-likeness (QED) is 0.878. The second-order valence-corrected chi connectivity index (χ2v) is 6.55. The average Bonchev–Trinajstić information content (AvgIpc) is 2.45. The first-order valence-electron chi connectivity index (χ1n) is 8.30. The van der Waals surface area contributed by atoms with Gasteiger partial charge in [0.2, 0.25) is 5.88 Å². The molecule has 0 atom stereocenters. The second-order valence-electron chi connectivity index (χ2n) is 6.55. The second kappa shape index (κ2) is 7.10. The number of hydrogen-bond acceptors (Lipinski definition) is 4. The summed E-state index contributed by atoms with van der Waals surface area (Å²) >= 11 is 0. The van der Waals surface area contributed by atoms with Gasteiger partial charge < -0.3 is 10.1 Å². The predicted molar refractivity (Wildman–Crippen MR) is 87.1 cm³/mol. The van der Waals surface area contributed by atoms with Crippen LogP contribution in [0.15, 0.2) is 0 Å². The van der Waals surface area contributed by atoms with Crippen molar-refractivity contribution < 1.29 is 4.74 Å². The van der Waals surface area contributed by atoms with Crippen LogP contribution in [0.1, 0.15) is 70.7 Å². The number of nitrogens with one attached hydrogen (secondary N) is 1. The van der Waals surface area contributed by atoms with Crippen LogP contribution in [0.25, 0.3) is 0 Å². The summed E-state index contributed by atoms with van der Waals surface area (Å²) in [6, 6.07) is 0. The van der Waals surface area contributed by atoms with Crippen LogP contribution in [0.4, 0.5) is 5.82 Å². The third-order valence-corrected chi connectivity index (χ3v) is 4.22. The Morgan fingerprint density at radius 3 is 2.43 bits per heavy atom. The molecule has 0 saturated heterocycles. The van der Waals surface area contributed by atoms with Crippen LogP contribution in [-0.2, 0) is 0 Å². The van der Waals surface area contributed by atoms with Gasteiger partial charge in [-0.25, -0.2) is 4.98 Å². The van der Waals surface area contributed by atoms with Gasteiger partial charge in [0.25, 0.3) is 0 Å². The van der Waals surface area contributed by atoms with Gasteiger partial charge in [0.1, 0.15) is 17.7 Å². The molecular formula is C17H29N3O. The van der Waals surface area contributed by atoms with E-state index in [1.807, 2.05) is 6.92 Å². The summed E-state index contributed by atoms with van der Waals surface area (Å²) in [6.07, 6.45) is 5.10. The van der Waals surface area contributed by atoms with Gasteiger partial charge in [-0.1, -0.05) is 20.8 Å². The van der Waals surface area contributed by atoms with E-state index < -0.39 is 0 Å². The average molecular weight is 291 g/mol. The molecule has 1 N–H and O–H groups in total. The molecule has 1 fully saturated rings. The van der Waals surface area contributed by atoms with E-state index in [1.54, 1.807) is 0 Å². The third-order valence-electron chi connectivity index (χ3n) is 4.22. The molecule has 1 saturated carbocycles. The summed E-state index contributed by atoms with van der Waals surface area (Å²) in [5.41, 5.74) is 1.03. The number of anilines is 1. The Morgan fingerprint density at radius 2 is 1.86 bits per heavy atom. The summed E-state index contributed by atoms with van der Waals surface area (Å²) in [7, 11) is 0. The first-order valence-corrected chi connectivity index (χ1v) is 8.30. The third kappa shape index (κ3) is 4.08. The van der Waals surface area contributed by atoms with Crippen LogP contribution >= 0.6 is 0 Å². The maximum absolute atomic E-state index is 6.22. The van der Waals surface area contributed by atoms with Gasteiger partial charge in [-0.15, -0.1) is 0 Å². The van der Waals surface area contributed by atoms with Crippen LogP contribution < -0.4 is 10.1 Å². The number of aromatic nitrogens is 2. The van der Waals surface area contributed by atoms with Crippen molar-refractivity contribution in [1.82, 2.24) is 9.97 Å². The van der Waals surface area contributed by atoms with E-state index in [1.165, 1.54) is 12.8 Å². The van der Waals surface area contributed by atoms with Crippen molar-refractivity contribution in [2.45, 2.75) is 72.3 Å². The van der Waals surface area contributed by atoms with Crippen LogP contribution in [0, 0.1) is 12.8 Å². The fraction of sp³-hybridized carbons (Fsp3) is 0.765. The zero-order valence-electron chi connectivity index (χ0n) is 14.1. The van der Waals surface area contributed by atoms with E-state index in [9.17, 15) is 0 Å². The summed E-state index contributed by atoms with van der Waals surface area (Å²) in [5, 5.41) is 3.32. The van der Waals surface area contributed by atoms with Crippen LogP contribution in [0.2, 0.25) is 0 Å². The Kier molecular flexibility index (Phi) is 5.43. The summed E-state index contributed by atoms with van der Waals surface area (Å²) < 4.78 is 6.22. The monoisotopic (exact) mass is 291 g/mol. The van der Waals surface area contributed by atoms with E-state index in [4.69, 9.17) is 4.74 Å². The van der Waals surface area contributed by atoms with Crippen LogP contribution in [-0.4, -0.2) is 22.6 Å². The van der Waals surface area contributed by atoms with Crippen molar-refractivity contribution in [3.63, 3.8) is 0 Å². The zero-order chi connectivity index (χ0) is 15.4. The Hall–Kier alpha value is -1.32. The molecule has 21 heavy (non-hydrogen) atoms. The SMILES string of the molecule is CCNc1nc(C(C)C)nc(OC2CCC(C)CC2)c1C. The molecule has 118 valence electrons. The highest BCUT2D eigenvalue weighted by Gasteiger charge is 2.22. The molecule has 1 aliphatic carbocycles. The van der Waals surface area contributed by atoms with Crippen molar-refractivity contribution in [3.8, 4) is 5.88 Å². The molecule has 0 aliphatic heterocycles. The van der Waals surface area contributed by atoms with Gasteiger partial charge in [-0.3, -0.25) is 0 Å². The maximum atomic E-state index is 6.22. The summed E-state index contributed by atoms with van der Waals surface area (Å²) in [5.74, 6) is 3.67. The topological polar surface area (TPSA) is 47.0 Å². The molecule has 0 spiro atoms. The lowest BCUT2D eigenvalue weighted by molar-refractivity contribution is 0.128. The highest BCUT2D eigenvalue weighted by Crippen LogP contribution is 2.30. The zero-order valence-corrected chi connectivity index (χ0v) is 14.1. The van der Waals surface area contributed by atoms with Crippen molar-refractivity contribution in [1.29, 1.82) is 0 Å². The van der Waals surface area contributed by atoms with Crippen molar-refractivity contribution in [3.05, 3.63) is 11.4 Å². The lowest BCUT2D eigenvalue weighted by Crippen LogP contribution is -2.24. The summed E-state index contributed by atoms with van der Waals surface area (Å²) in [4.78, 5) is 9.28.